The number of thioether (sulfide) groups is 1. The first kappa shape index (κ1) is 11.5. The predicted molar refractivity (Wildman–Crippen MR) is 62.7 cm³/mol. The summed E-state index contributed by atoms with van der Waals surface area (Å²) >= 11 is 1.71. The van der Waals surface area contributed by atoms with Gasteiger partial charge in [-0.1, -0.05) is 18.2 Å². The SMILES string of the molecule is O=C(O)C1CCC(CSc2ccccc2)O1. The molecule has 0 bridgehead atoms. The van der Waals surface area contributed by atoms with Crippen LogP contribution in [0.15, 0.2) is 35.2 Å². The molecule has 16 heavy (non-hydrogen) atoms. The lowest BCUT2D eigenvalue weighted by atomic mass is 10.2. The second-order valence-electron chi connectivity index (χ2n) is 3.79. The van der Waals surface area contributed by atoms with Gasteiger partial charge in [-0.15, -0.1) is 11.8 Å². The molecule has 2 unspecified atom stereocenters. The zero-order chi connectivity index (χ0) is 11.4. The van der Waals surface area contributed by atoms with E-state index < -0.39 is 12.1 Å². The average molecular weight is 238 g/mol. The summed E-state index contributed by atoms with van der Waals surface area (Å²) in [4.78, 5) is 11.9. The molecule has 0 saturated carbocycles. The van der Waals surface area contributed by atoms with Gasteiger partial charge in [-0.3, -0.25) is 0 Å². The van der Waals surface area contributed by atoms with Gasteiger partial charge in [-0.25, -0.2) is 4.79 Å². The molecule has 1 aliphatic heterocycles. The molecule has 0 aliphatic carbocycles. The van der Waals surface area contributed by atoms with Gasteiger partial charge in [0, 0.05) is 10.6 Å². The highest BCUT2D eigenvalue weighted by Crippen LogP contribution is 2.26. The second-order valence-corrected chi connectivity index (χ2v) is 4.88. The van der Waals surface area contributed by atoms with Crippen LogP contribution in [0.25, 0.3) is 0 Å². The maximum absolute atomic E-state index is 10.7. The van der Waals surface area contributed by atoms with Gasteiger partial charge in [-0.05, 0) is 25.0 Å². The van der Waals surface area contributed by atoms with Crippen molar-refractivity contribution in [2.75, 3.05) is 5.75 Å². The monoisotopic (exact) mass is 238 g/mol. The summed E-state index contributed by atoms with van der Waals surface area (Å²) in [6.45, 7) is 0. The number of carboxylic acid groups (broad SMARTS) is 1. The molecule has 1 heterocycles. The predicted octanol–water partition coefficient (Wildman–Crippen LogP) is 2.41. The number of hydrogen-bond acceptors (Lipinski definition) is 3. The Balaban J connectivity index is 1.78. The summed E-state index contributed by atoms with van der Waals surface area (Å²) in [6.07, 6.45) is 0.958. The Bertz CT molecular complexity index is 353. The normalized spacial score (nSPS) is 24.5. The van der Waals surface area contributed by atoms with Crippen molar-refractivity contribution in [1.29, 1.82) is 0 Å². The molecule has 1 aromatic carbocycles. The molecule has 0 aromatic heterocycles. The highest BCUT2D eigenvalue weighted by molar-refractivity contribution is 7.99. The van der Waals surface area contributed by atoms with E-state index in [2.05, 4.69) is 0 Å². The first-order valence-corrected chi connectivity index (χ1v) is 6.30. The van der Waals surface area contributed by atoms with Gasteiger partial charge in [0.1, 0.15) is 0 Å². The number of ether oxygens (including phenoxy) is 1. The van der Waals surface area contributed by atoms with Gasteiger partial charge in [0.15, 0.2) is 6.10 Å². The molecule has 1 N–H and O–H groups in total. The zero-order valence-corrected chi connectivity index (χ0v) is 9.65. The van der Waals surface area contributed by atoms with Crippen molar-refractivity contribution >= 4 is 17.7 Å². The average Bonchev–Trinajstić information content (AvgIpc) is 2.76. The minimum Gasteiger partial charge on any atom is -0.479 e. The van der Waals surface area contributed by atoms with Gasteiger partial charge in [0.25, 0.3) is 0 Å². The summed E-state index contributed by atoms with van der Waals surface area (Å²) in [5.41, 5.74) is 0. The molecule has 0 spiro atoms. The van der Waals surface area contributed by atoms with Gasteiger partial charge in [-0.2, -0.15) is 0 Å². The summed E-state index contributed by atoms with van der Waals surface area (Å²) < 4.78 is 5.42. The van der Waals surface area contributed by atoms with Crippen LogP contribution in [0, 0.1) is 0 Å². The Morgan fingerprint density at radius 2 is 2.12 bits per heavy atom. The van der Waals surface area contributed by atoms with Crippen molar-refractivity contribution in [2.45, 2.75) is 29.9 Å². The van der Waals surface area contributed by atoms with Crippen LogP contribution in [0.4, 0.5) is 0 Å². The van der Waals surface area contributed by atoms with Gasteiger partial charge >= 0.3 is 5.97 Å². The van der Waals surface area contributed by atoms with E-state index in [1.54, 1.807) is 11.8 Å². The Kier molecular flexibility index (Phi) is 3.85. The van der Waals surface area contributed by atoms with E-state index in [0.29, 0.717) is 6.42 Å². The molecule has 2 rings (SSSR count). The Labute approximate surface area is 98.8 Å². The molecule has 86 valence electrons. The standard InChI is InChI=1S/C12H14O3S/c13-12(14)11-7-6-9(15-11)8-16-10-4-2-1-3-5-10/h1-5,9,11H,6-8H2,(H,13,14). The quantitative estimate of drug-likeness (QED) is 0.818. The third-order valence-corrected chi connectivity index (χ3v) is 3.71. The topological polar surface area (TPSA) is 46.5 Å². The van der Waals surface area contributed by atoms with Crippen molar-refractivity contribution in [3.8, 4) is 0 Å². The molecule has 0 amide bonds. The van der Waals surface area contributed by atoms with E-state index in [0.717, 1.165) is 12.2 Å². The van der Waals surface area contributed by atoms with Crippen molar-refractivity contribution < 1.29 is 14.6 Å². The van der Waals surface area contributed by atoms with Gasteiger partial charge in [0.2, 0.25) is 0 Å². The highest BCUT2D eigenvalue weighted by Gasteiger charge is 2.30. The molecule has 3 nitrogen and oxygen atoms in total. The van der Waals surface area contributed by atoms with Crippen molar-refractivity contribution in [1.82, 2.24) is 0 Å². The third-order valence-electron chi connectivity index (χ3n) is 2.56. The molecule has 1 fully saturated rings. The third kappa shape index (κ3) is 3.00. The molecule has 1 aromatic rings. The first-order valence-electron chi connectivity index (χ1n) is 5.32. The molecular formula is C12H14O3S. The van der Waals surface area contributed by atoms with Crippen LogP contribution in [-0.4, -0.2) is 29.0 Å². The van der Waals surface area contributed by atoms with E-state index in [-0.39, 0.29) is 6.10 Å². The number of carbonyl (C=O) groups is 1. The maximum atomic E-state index is 10.7. The van der Waals surface area contributed by atoms with Crippen LogP contribution in [0.5, 0.6) is 0 Å². The van der Waals surface area contributed by atoms with Crippen LogP contribution in [0.1, 0.15) is 12.8 Å². The molecule has 2 atom stereocenters. The van der Waals surface area contributed by atoms with E-state index in [4.69, 9.17) is 9.84 Å². The number of hydrogen-bond donors (Lipinski definition) is 1. The van der Waals surface area contributed by atoms with E-state index in [1.807, 2.05) is 30.3 Å². The smallest absolute Gasteiger partial charge is 0.332 e. The molecular weight excluding hydrogens is 224 g/mol. The van der Waals surface area contributed by atoms with Crippen LogP contribution in [0.2, 0.25) is 0 Å². The number of benzene rings is 1. The largest absolute Gasteiger partial charge is 0.479 e. The van der Waals surface area contributed by atoms with Crippen LogP contribution in [-0.2, 0) is 9.53 Å². The number of carboxylic acids is 1. The highest BCUT2D eigenvalue weighted by atomic mass is 32.2. The number of rotatable bonds is 4. The fraction of sp³-hybridized carbons (Fsp3) is 0.417. The van der Waals surface area contributed by atoms with Crippen molar-refractivity contribution in [3.05, 3.63) is 30.3 Å². The van der Waals surface area contributed by atoms with E-state index in [9.17, 15) is 4.79 Å². The Hall–Kier alpha value is -1.00. The van der Waals surface area contributed by atoms with Crippen molar-refractivity contribution in [3.63, 3.8) is 0 Å². The van der Waals surface area contributed by atoms with E-state index in [1.165, 1.54) is 4.90 Å². The van der Waals surface area contributed by atoms with Crippen molar-refractivity contribution in [2.24, 2.45) is 0 Å². The fourth-order valence-electron chi connectivity index (χ4n) is 1.72. The van der Waals surface area contributed by atoms with Gasteiger partial charge in [0.05, 0.1) is 6.10 Å². The molecule has 1 aliphatic rings. The molecule has 4 heteroatoms. The Morgan fingerprint density at radius 3 is 2.75 bits per heavy atom. The minimum absolute atomic E-state index is 0.0753. The van der Waals surface area contributed by atoms with Crippen LogP contribution < -0.4 is 0 Å². The zero-order valence-electron chi connectivity index (χ0n) is 8.83. The molecule has 0 radical (unpaired) electrons. The summed E-state index contributed by atoms with van der Waals surface area (Å²) in [5.74, 6) is -0.0134. The minimum atomic E-state index is -0.841. The number of aliphatic carboxylic acids is 1. The summed E-state index contributed by atoms with van der Waals surface area (Å²) in [7, 11) is 0. The van der Waals surface area contributed by atoms with Gasteiger partial charge < -0.3 is 9.84 Å². The summed E-state index contributed by atoms with van der Waals surface area (Å²) in [6, 6.07) is 10.1. The molecule has 1 saturated heterocycles. The maximum Gasteiger partial charge on any atom is 0.332 e. The lowest BCUT2D eigenvalue weighted by molar-refractivity contribution is -0.148. The van der Waals surface area contributed by atoms with Crippen LogP contribution >= 0.6 is 11.8 Å². The lowest BCUT2D eigenvalue weighted by Crippen LogP contribution is -2.21. The lowest BCUT2D eigenvalue weighted by Gasteiger charge is -2.10. The summed E-state index contributed by atoms with van der Waals surface area (Å²) in [5, 5.41) is 8.78. The van der Waals surface area contributed by atoms with Crippen LogP contribution in [0.3, 0.4) is 0 Å². The Morgan fingerprint density at radius 1 is 1.38 bits per heavy atom. The fourth-order valence-corrected chi connectivity index (χ4v) is 2.69. The second kappa shape index (κ2) is 5.37. The first-order chi connectivity index (χ1) is 7.75. The van der Waals surface area contributed by atoms with E-state index >= 15 is 0 Å².